The summed E-state index contributed by atoms with van der Waals surface area (Å²) in [4.78, 5) is 12.4. The Labute approximate surface area is 164 Å². The molecule has 0 saturated carbocycles. The molecule has 2 aromatic carbocycles. The van der Waals surface area contributed by atoms with Gasteiger partial charge in [0.25, 0.3) is 5.91 Å². The first-order chi connectivity index (χ1) is 12.0. The van der Waals surface area contributed by atoms with Crippen LogP contribution in [0, 0.1) is 11.3 Å². The second kappa shape index (κ2) is 8.91. The molecular weight excluding hydrogens is 427 g/mol. The maximum Gasteiger partial charge on any atom is 0.266 e. The van der Waals surface area contributed by atoms with E-state index in [-0.39, 0.29) is 21.3 Å². The molecule has 1 amide bonds. The Morgan fingerprint density at radius 1 is 1.32 bits per heavy atom. The van der Waals surface area contributed by atoms with Crippen LogP contribution in [0.5, 0.6) is 5.75 Å². The van der Waals surface area contributed by atoms with Crippen molar-refractivity contribution in [2.24, 2.45) is 0 Å². The van der Waals surface area contributed by atoms with E-state index in [0.29, 0.717) is 17.9 Å². The number of amides is 1. The molecule has 0 atom stereocenters. The van der Waals surface area contributed by atoms with E-state index in [2.05, 4.69) is 21.2 Å². The molecular formula is C18H13BrCl2N2O2. The highest BCUT2D eigenvalue weighted by Crippen LogP contribution is 2.31. The van der Waals surface area contributed by atoms with Crippen molar-refractivity contribution in [2.75, 3.05) is 11.9 Å². The van der Waals surface area contributed by atoms with E-state index >= 15 is 0 Å². The van der Waals surface area contributed by atoms with Crippen molar-refractivity contribution in [1.82, 2.24) is 0 Å². The summed E-state index contributed by atoms with van der Waals surface area (Å²) in [6, 6.07) is 12.1. The lowest BCUT2D eigenvalue weighted by atomic mass is 10.1. The molecule has 1 N–H and O–H groups in total. The largest absolute Gasteiger partial charge is 0.493 e. The average Bonchev–Trinajstić information content (AvgIpc) is 2.58. The lowest BCUT2D eigenvalue weighted by Crippen LogP contribution is -2.14. The van der Waals surface area contributed by atoms with Crippen molar-refractivity contribution < 1.29 is 9.53 Å². The van der Waals surface area contributed by atoms with E-state index in [4.69, 9.17) is 27.9 Å². The third kappa shape index (κ3) is 4.99. The van der Waals surface area contributed by atoms with Crippen LogP contribution in [-0.4, -0.2) is 12.5 Å². The molecule has 2 aromatic rings. The highest BCUT2D eigenvalue weighted by atomic mass is 79.9. The fourth-order valence-corrected chi connectivity index (χ4v) is 2.89. The Morgan fingerprint density at radius 3 is 2.60 bits per heavy atom. The van der Waals surface area contributed by atoms with Gasteiger partial charge in [0.15, 0.2) is 0 Å². The molecule has 0 bridgehead atoms. The predicted molar refractivity (Wildman–Crippen MR) is 104 cm³/mol. The summed E-state index contributed by atoms with van der Waals surface area (Å²) in [5.41, 5.74) is 0.763. The van der Waals surface area contributed by atoms with Crippen LogP contribution in [0.2, 0.25) is 10.0 Å². The van der Waals surface area contributed by atoms with Crippen molar-refractivity contribution in [3.8, 4) is 11.8 Å². The van der Waals surface area contributed by atoms with Gasteiger partial charge in [-0.15, -0.1) is 0 Å². The zero-order chi connectivity index (χ0) is 18.4. The monoisotopic (exact) mass is 438 g/mol. The number of rotatable bonds is 5. The van der Waals surface area contributed by atoms with Gasteiger partial charge in [0.2, 0.25) is 0 Å². The van der Waals surface area contributed by atoms with Gasteiger partial charge in [-0.3, -0.25) is 4.79 Å². The topological polar surface area (TPSA) is 62.1 Å². The molecule has 0 aliphatic heterocycles. The Hall–Kier alpha value is -2.00. The maximum atomic E-state index is 12.4. The molecule has 0 spiro atoms. The molecule has 0 heterocycles. The quantitative estimate of drug-likeness (QED) is 0.480. The number of nitriles is 1. The van der Waals surface area contributed by atoms with Crippen molar-refractivity contribution in [3.63, 3.8) is 0 Å². The zero-order valence-electron chi connectivity index (χ0n) is 13.1. The summed E-state index contributed by atoms with van der Waals surface area (Å²) in [6.45, 7) is 2.32. The number of anilines is 1. The maximum absolute atomic E-state index is 12.4. The van der Waals surface area contributed by atoms with Crippen molar-refractivity contribution >= 4 is 56.8 Å². The van der Waals surface area contributed by atoms with Crippen LogP contribution in [0.25, 0.3) is 6.08 Å². The number of halogens is 3. The number of carbonyl (C=O) groups excluding carboxylic acids is 1. The molecule has 0 aromatic heterocycles. The van der Waals surface area contributed by atoms with E-state index < -0.39 is 5.91 Å². The number of ether oxygens (including phenoxy) is 1. The molecule has 0 unspecified atom stereocenters. The molecule has 0 radical (unpaired) electrons. The van der Waals surface area contributed by atoms with Gasteiger partial charge < -0.3 is 10.1 Å². The standard InChI is InChI=1S/C18H13BrCl2N2O2/c1-2-25-16-7-6-13(19)9-11(16)8-12(10-22)18(24)23-17-14(20)4-3-5-15(17)21/h3-9H,2H2,1H3,(H,23,24)/b12-8+. The van der Waals surface area contributed by atoms with Crippen molar-refractivity contribution in [1.29, 1.82) is 5.26 Å². The van der Waals surface area contributed by atoms with E-state index in [9.17, 15) is 10.1 Å². The summed E-state index contributed by atoms with van der Waals surface area (Å²) in [6.07, 6.45) is 1.45. The fraction of sp³-hybridized carbons (Fsp3) is 0.111. The van der Waals surface area contributed by atoms with Gasteiger partial charge in [0.05, 0.1) is 22.3 Å². The van der Waals surface area contributed by atoms with Gasteiger partial charge in [0.1, 0.15) is 17.4 Å². The molecule has 4 nitrogen and oxygen atoms in total. The molecule has 2 rings (SSSR count). The van der Waals surface area contributed by atoms with Gasteiger partial charge >= 0.3 is 0 Å². The number of carbonyl (C=O) groups is 1. The molecule has 0 aliphatic carbocycles. The van der Waals surface area contributed by atoms with E-state index in [1.807, 2.05) is 19.1 Å². The van der Waals surface area contributed by atoms with E-state index in [1.165, 1.54) is 6.08 Å². The van der Waals surface area contributed by atoms with E-state index in [1.54, 1.807) is 30.3 Å². The molecule has 7 heteroatoms. The van der Waals surface area contributed by atoms with Crippen molar-refractivity contribution in [2.45, 2.75) is 6.92 Å². The molecule has 0 saturated heterocycles. The minimum atomic E-state index is -0.611. The number of para-hydroxylation sites is 1. The summed E-state index contributed by atoms with van der Waals surface area (Å²) >= 11 is 15.4. The summed E-state index contributed by atoms with van der Waals surface area (Å²) in [5, 5.41) is 12.5. The van der Waals surface area contributed by atoms with Crippen LogP contribution in [0.1, 0.15) is 12.5 Å². The third-order valence-corrected chi connectivity index (χ3v) is 4.26. The lowest BCUT2D eigenvalue weighted by Gasteiger charge is -2.10. The van der Waals surface area contributed by atoms with Crippen LogP contribution in [-0.2, 0) is 4.79 Å². The Kier molecular flexibility index (Phi) is 6.89. The highest BCUT2D eigenvalue weighted by Gasteiger charge is 2.15. The van der Waals surface area contributed by atoms with Gasteiger partial charge in [-0.1, -0.05) is 45.2 Å². The average molecular weight is 440 g/mol. The fourth-order valence-electron chi connectivity index (χ4n) is 2.02. The van der Waals surface area contributed by atoms with Crippen LogP contribution in [0.15, 0.2) is 46.4 Å². The first-order valence-electron chi connectivity index (χ1n) is 7.25. The Bertz CT molecular complexity index is 856. The van der Waals surface area contributed by atoms with Crippen LogP contribution < -0.4 is 10.1 Å². The van der Waals surface area contributed by atoms with Crippen molar-refractivity contribution in [3.05, 3.63) is 62.1 Å². The highest BCUT2D eigenvalue weighted by molar-refractivity contribution is 9.10. The van der Waals surface area contributed by atoms with Gasteiger partial charge in [-0.2, -0.15) is 5.26 Å². The number of hydrogen-bond donors (Lipinski definition) is 1. The Balaban J connectivity index is 2.36. The smallest absolute Gasteiger partial charge is 0.266 e. The number of benzene rings is 2. The number of nitrogens with one attached hydrogen (secondary N) is 1. The first-order valence-corrected chi connectivity index (χ1v) is 8.80. The number of hydrogen-bond acceptors (Lipinski definition) is 3. The third-order valence-electron chi connectivity index (χ3n) is 3.14. The summed E-state index contributed by atoms with van der Waals surface area (Å²) in [5.74, 6) is -0.0399. The van der Waals surface area contributed by atoms with Gasteiger partial charge in [0, 0.05) is 10.0 Å². The second-order valence-corrected chi connectivity index (χ2v) is 6.57. The predicted octanol–water partition coefficient (Wildman–Crippen LogP) is 5.70. The zero-order valence-corrected chi connectivity index (χ0v) is 16.2. The summed E-state index contributed by atoms with van der Waals surface area (Å²) in [7, 11) is 0. The van der Waals surface area contributed by atoms with Crippen LogP contribution in [0.4, 0.5) is 5.69 Å². The van der Waals surface area contributed by atoms with Crippen LogP contribution >= 0.6 is 39.1 Å². The molecule has 0 fully saturated rings. The second-order valence-electron chi connectivity index (χ2n) is 4.84. The number of nitrogens with zero attached hydrogens (tertiary/aromatic N) is 1. The summed E-state index contributed by atoms with van der Waals surface area (Å²) < 4.78 is 6.32. The van der Waals surface area contributed by atoms with Gasteiger partial charge in [-0.25, -0.2) is 0 Å². The van der Waals surface area contributed by atoms with E-state index in [0.717, 1.165) is 4.47 Å². The molecule has 0 aliphatic rings. The SMILES string of the molecule is CCOc1ccc(Br)cc1/C=C(\C#N)C(=O)Nc1c(Cl)cccc1Cl. The molecule has 128 valence electrons. The Morgan fingerprint density at radius 2 is 2.00 bits per heavy atom. The minimum absolute atomic E-state index is 0.102. The minimum Gasteiger partial charge on any atom is -0.493 e. The normalized spacial score (nSPS) is 10.9. The van der Waals surface area contributed by atoms with Crippen LogP contribution in [0.3, 0.4) is 0 Å². The first kappa shape index (κ1) is 19.3. The lowest BCUT2D eigenvalue weighted by molar-refractivity contribution is -0.112. The molecule has 25 heavy (non-hydrogen) atoms. The van der Waals surface area contributed by atoms with Gasteiger partial charge in [-0.05, 0) is 43.3 Å².